The van der Waals surface area contributed by atoms with Crippen LogP contribution in [0.2, 0.25) is 0 Å². The summed E-state index contributed by atoms with van der Waals surface area (Å²) in [5.74, 6) is 1.61. The lowest BCUT2D eigenvalue weighted by molar-refractivity contribution is 0.901. The van der Waals surface area contributed by atoms with E-state index in [1.165, 1.54) is 0 Å². The number of nitrogens with zero attached hydrogens (tertiary/aromatic N) is 4. The molecule has 0 spiro atoms. The number of anilines is 1. The maximum atomic E-state index is 4.44. The fourth-order valence-corrected chi connectivity index (χ4v) is 1.84. The highest BCUT2D eigenvalue weighted by Gasteiger charge is 2.04. The van der Waals surface area contributed by atoms with Crippen molar-refractivity contribution in [3.8, 4) is 0 Å². The number of hydrogen-bond acceptors (Lipinski definition) is 4. The molecule has 0 bridgehead atoms. The summed E-state index contributed by atoms with van der Waals surface area (Å²) < 4.78 is 1.78. The van der Waals surface area contributed by atoms with Gasteiger partial charge in [0.25, 0.3) is 0 Å². The highest BCUT2D eigenvalue weighted by atomic mass is 15.3. The van der Waals surface area contributed by atoms with Gasteiger partial charge in [0.05, 0.1) is 0 Å². The van der Waals surface area contributed by atoms with Crippen molar-refractivity contribution in [2.24, 2.45) is 0 Å². The van der Waals surface area contributed by atoms with Crippen molar-refractivity contribution >= 4 is 11.6 Å². The summed E-state index contributed by atoms with van der Waals surface area (Å²) in [4.78, 5) is 11.7. The van der Waals surface area contributed by atoms with Gasteiger partial charge in [-0.25, -0.2) is 9.50 Å². The number of nitrogens with one attached hydrogen (secondary N) is 2. The van der Waals surface area contributed by atoms with Crippen molar-refractivity contribution in [1.82, 2.24) is 24.6 Å². The zero-order valence-corrected chi connectivity index (χ0v) is 10.1. The van der Waals surface area contributed by atoms with Gasteiger partial charge < -0.3 is 10.3 Å². The molecule has 0 saturated carbocycles. The van der Waals surface area contributed by atoms with Crippen LogP contribution in [0.1, 0.15) is 11.4 Å². The Bertz CT molecular complexity index is 640. The average molecular weight is 242 g/mol. The number of pyridine rings is 1. The molecule has 6 nitrogen and oxygen atoms in total. The first kappa shape index (κ1) is 10.8. The van der Waals surface area contributed by atoms with E-state index >= 15 is 0 Å². The van der Waals surface area contributed by atoms with E-state index in [0.717, 1.165) is 30.0 Å². The Labute approximate surface area is 104 Å². The van der Waals surface area contributed by atoms with E-state index in [4.69, 9.17) is 0 Å². The minimum atomic E-state index is 0.649. The quantitative estimate of drug-likeness (QED) is 0.725. The van der Waals surface area contributed by atoms with Crippen LogP contribution in [-0.2, 0) is 6.42 Å². The fourth-order valence-electron chi connectivity index (χ4n) is 1.84. The molecule has 2 N–H and O–H groups in total. The van der Waals surface area contributed by atoms with Gasteiger partial charge in [-0.1, -0.05) is 6.07 Å². The lowest BCUT2D eigenvalue weighted by atomic mass is 10.3. The van der Waals surface area contributed by atoms with Crippen LogP contribution in [0, 0.1) is 6.92 Å². The smallest absolute Gasteiger partial charge is 0.243 e. The number of rotatable bonds is 4. The molecule has 0 amide bonds. The Kier molecular flexibility index (Phi) is 2.68. The van der Waals surface area contributed by atoms with Crippen molar-refractivity contribution < 1.29 is 0 Å². The lowest BCUT2D eigenvalue weighted by Crippen LogP contribution is -2.07. The summed E-state index contributed by atoms with van der Waals surface area (Å²) >= 11 is 0. The molecule has 3 aromatic rings. The van der Waals surface area contributed by atoms with Gasteiger partial charge in [-0.15, -0.1) is 5.10 Å². The molecule has 0 aliphatic heterocycles. The molecule has 18 heavy (non-hydrogen) atoms. The number of imidazole rings is 1. The predicted octanol–water partition coefficient (Wildman–Crippen LogP) is 1.42. The van der Waals surface area contributed by atoms with Crippen molar-refractivity contribution in [2.45, 2.75) is 13.3 Å². The molecule has 0 aliphatic rings. The highest BCUT2D eigenvalue weighted by molar-refractivity contribution is 5.49. The van der Waals surface area contributed by atoms with Crippen LogP contribution >= 0.6 is 0 Å². The molecule has 3 heterocycles. The number of aromatic amines is 1. The van der Waals surface area contributed by atoms with E-state index in [1.54, 1.807) is 10.7 Å². The third kappa shape index (κ3) is 2.04. The summed E-state index contributed by atoms with van der Waals surface area (Å²) in [5, 5.41) is 7.55. The molecule has 0 aromatic carbocycles. The van der Waals surface area contributed by atoms with E-state index in [2.05, 4.69) is 25.4 Å². The molecule has 0 radical (unpaired) electrons. The molecule has 3 aromatic heterocycles. The summed E-state index contributed by atoms with van der Waals surface area (Å²) in [7, 11) is 0. The van der Waals surface area contributed by atoms with Gasteiger partial charge in [0, 0.05) is 31.6 Å². The molecule has 0 atom stereocenters. The topological polar surface area (TPSA) is 70.9 Å². The fraction of sp³-hybridized carbons (Fsp3) is 0.250. The molecule has 0 fully saturated rings. The largest absolute Gasteiger partial charge is 0.352 e. The number of fused-ring (bicyclic) bond motifs is 1. The van der Waals surface area contributed by atoms with Crippen LogP contribution in [0.15, 0.2) is 30.7 Å². The zero-order valence-electron chi connectivity index (χ0n) is 10.1. The molecular formula is C12H14N6. The first-order valence-corrected chi connectivity index (χ1v) is 5.87. The van der Waals surface area contributed by atoms with E-state index < -0.39 is 0 Å². The second-order valence-electron chi connectivity index (χ2n) is 4.11. The second-order valence-corrected chi connectivity index (χ2v) is 4.11. The average Bonchev–Trinajstić information content (AvgIpc) is 2.98. The Morgan fingerprint density at radius 3 is 3.17 bits per heavy atom. The summed E-state index contributed by atoms with van der Waals surface area (Å²) in [5.41, 5.74) is 2.00. The van der Waals surface area contributed by atoms with Crippen molar-refractivity contribution in [2.75, 3.05) is 11.9 Å². The Hall–Kier alpha value is -2.37. The molecule has 0 aliphatic carbocycles. The zero-order chi connectivity index (χ0) is 12.4. The minimum absolute atomic E-state index is 0.649. The number of aromatic nitrogens is 5. The van der Waals surface area contributed by atoms with Crippen LogP contribution < -0.4 is 5.32 Å². The highest BCUT2D eigenvalue weighted by Crippen LogP contribution is 2.09. The van der Waals surface area contributed by atoms with Gasteiger partial charge in [-0.05, 0) is 18.6 Å². The molecule has 0 unspecified atom stereocenters. The van der Waals surface area contributed by atoms with Crippen molar-refractivity contribution in [3.05, 3.63) is 42.1 Å². The minimum Gasteiger partial charge on any atom is -0.352 e. The van der Waals surface area contributed by atoms with Crippen LogP contribution in [0.25, 0.3) is 5.65 Å². The van der Waals surface area contributed by atoms with Crippen molar-refractivity contribution in [3.63, 3.8) is 0 Å². The van der Waals surface area contributed by atoms with Crippen LogP contribution in [0.5, 0.6) is 0 Å². The molecule has 92 valence electrons. The number of aryl methyl sites for hydroxylation is 1. The predicted molar refractivity (Wildman–Crippen MR) is 68.5 cm³/mol. The molecule has 6 heteroatoms. The Morgan fingerprint density at radius 1 is 1.44 bits per heavy atom. The standard InChI is InChI=1S/C12H14N6/c1-9-3-2-8-18-11(9)16-12(17-18)15-5-4-10-13-6-7-14-10/h2-3,6-8H,4-5H2,1H3,(H,13,14)(H,15,17). The van der Waals surface area contributed by atoms with Gasteiger partial charge in [-0.2, -0.15) is 4.98 Å². The first-order chi connectivity index (χ1) is 8.83. The SMILES string of the molecule is Cc1cccn2nc(NCCc3ncc[nH]3)nc12. The van der Waals surface area contributed by atoms with E-state index in [1.807, 2.05) is 31.5 Å². The normalized spacial score (nSPS) is 10.9. The molecule has 0 saturated heterocycles. The van der Waals surface area contributed by atoms with Gasteiger partial charge in [0.15, 0.2) is 5.65 Å². The van der Waals surface area contributed by atoms with E-state index in [0.29, 0.717) is 5.95 Å². The first-order valence-electron chi connectivity index (χ1n) is 5.87. The summed E-state index contributed by atoms with van der Waals surface area (Å²) in [6.07, 6.45) is 6.29. The number of hydrogen-bond donors (Lipinski definition) is 2. The van der Waals surface area contributed by atoms with Gasteiger partial charge >= 0.3 is 0 Å². The summed E-state index contributed by atoms with van der Waals surface area (Å²) in [6, 6.07) is 3.99. The Morgan fingerprint density at radius 2 is 2.39 bits per heavy atom. The lowest BCUT2D eigenvalue weighted by Gasteiger charge is -1.98. The van der Waals surface area contributed by atoms with E-state index in [9.17, 15) is 0 Å². The van der Waals surface area contributed by atoms with Crippen LogP contribution in [0.3, 0.4) is 0 Å². The molecule has 3 rings (SSSR count). The summed E-state index contributed by atoms with van der Waals surface area (Å²) in [6.45, 7) is 2.78. The maximum Gasteiger partial charge on any atom is 0.243 e. The van der Waals surface area contributed by atoms with Crippen LogP contribution in [0.4, 0.5) is 5.95 Å². The second kappa shape index (κ2) is 4.48. The van der Waals surface area contributed by atoms with Crippen LogP contribution in [-0.4, -0.2) is 31.1 Å². The van der Waals surface area contributed by atoms with Crippen molar-refractivity contribution in [1.29, 1.82) is 0 Å². The molecular weight excluding hydrogens is 228 g/mol. The third-order valence-corrected chi connectivity index (χ3v) is 2.76. The monoisotopic (exact) mass is 242 g/mol. The van der Waals surface area contributed by atoms with Gasteiger partial charge in [-0.3, -0.25) is 0 Å². The Balaban J connectivity index is 1.69. The third-order valence-electron chi connectivity index (χ3n) is 2.76. The van der Waals surface area contributed by atoms with Gasteiger partial charge in [0.1, 0.15) is 5.82 Å². The maximum absolute atomic E-state index is 4.44. The van der Waals surface area contributed by atoms with E-state index in [-0.39, 0.29) is 0 Å². The van der Waals surface area contributed by atoms with Gasteiger partial charge in [0.2, 0.25) is 5.95 Å². The number of H-pyrrole nitrogens is 1.